The smallest absolute Gasteiger partial charge is 0.169 e. The number of ketones is 1. The molecule has 70 valence electrons. The third kappa shape index (κ3) is 1.67. The van der Waals surface area contributed by atoms with Gasteiger partial charge in [-0.2, -0.15) is 0 Å². The van der Waals surface area contributed by atoms with Crippen molar-refractivity contribution in [1.29, 1.82) is 0 Å². The predicted molar refractivity (Wildman–Crippen MR) is 52.3 cm³/mol. The van der Waals surface area contributed by atoms with Gasteiger partial charge in [0, 0.05) is 23.0 Å². The Morgan fingerprint density at radius 1 is 1.69 bits per heavy atom. The number of hydrogen-bond donors (Lipinski definition) is 0. The lowest BCUT2D eigenvalue weighted by Gasteiger charge is -2.04. The van der Waals surface area contributed by atoms with E-state index < -0.39 is 0 Å². The molecule has 1 atom stereocenters. The maximum absolute atomic E-state index is 11.9. The Morgan fingerprint density at radius 2 is 2.54 bits per heavy atom. The van der Waals surface area contributed by atoms with Crippen LogP contribution in [-0.4, -0.2) is 19.0 Å². The summed E-state index contributed by atoms with van der Waals surface area (Å²) in [5, 5.41) is 1.97. The van der Waals surface area contributed by atoms with Crippen molar-refractivity contribution in [1.82, 2.24) is 0 Å². The van der Waals surface area contributed by atoms with E-state index in [0.29, 0.717) is 6.61 Å². The highest BCUT2D eigenvalue weighted by atomic mass is 32.1. The maximum atomic E-state index is 11.9. The zero-order valence-corrected chi connectivity index (χ0v) is 8.39. The van der Waals surface area contributed by atoms with Gasteiger partial charge in [-0.3, -0.25) is 4.79 Å². The number of aryl methyl sites for hydroxylation is 1. The standard InChI is InChI=1S/C10H12O2S/c1-7-9(3-5-13-7)10(11)8-2-4-12-6-8/h3,5,8H,2,4,6H2,1H3. The number of carbonyl (C=O) groups excluding carboxylic acids is 1. The van der Waals surface area contributed by atoms with Crippen LogP contribution in [0, 0.1) is 12.8 Å². The normalized spacial score (nSPS) is 22.1. The fourth-order valence-corrected chi connectivity index (χ4v) is 2.31. The van der Waals surface area contributed by atoms with Crippen LogP contribution >= 0.6 is 11.3 Å². The molecule has 0 amide bonds. The molecular weight excluding hydrogens is 184 g/mol. The highest BCUT2D eigenvalue weighted by molar-refractivity contribution is 7.10. The zero-order valence-electron chi connectivity index (χ0n) is 7.58. The second-order valence-corrected chi connectivity index (χ2v) is 4.44. The summed E-state index contributed by atoms with van der Waals surface area (Å²) in [5.74, 6) is 0.365. The van der Waals surface area contributed by atoms with E-state index in [9.17, 15) is 4.79 Å². The van der Waals surface area contributed by atoms with Gasteiger partial charge in [-0.1, -0.05) is 0 Å². The predicted octanol–water partition coefficient (Wildman–Crippen LogP) is 2.28. The first kappa shape index (κ1) is 8.91. The molecule has 1 aromatic rings. The van der Waals surface area contributed by atoms with Crippen molar-refractivity contribution in [2.24, 2.45) is 5.92 Å². The first-order valence-corrected chi connectivity index (χ1v) is 5.33. The molecular formula is C10H12O2S. The second-order valence-electron chi connectivity index (χ2n) is 3.32. The fourth-order valence-electron chi connectivity index (χ4n) is 1.60. The van der Waals surface area contributed by atoms with Crippen molar-refractivity contribution in [2.75, 3.05) is 13.2 Å². The number of hydrogen-bond acceptors (Lipinski definition) is 3. The Kier molecular flexibility index (Phi) is 2.47. The molecule has 1 unspecified atom stereocenters. The van der Waals surface area contributed by atoms with Crippen LogP contribution in [0.25, 0.3) is 0 Å². The van der Waals surface area contributed by atoms with E-state index in [1.165, 1.54) is 0 Å². The minimum absolute atomic E-state index is 0.105. The Bertz CT molecular complexity index is 310. The van der Waals surface area contributed by atoms with Crippen LogP contribution in [0.2, 0.25) is 0 Å². The molecule has 0 N–H and O–H groups in total. The van der Waals surface area contributed by atoms with Crippen molar-refractivity contribution in [3.05, 3.63) is 21.9 Å². The van der Waals surface area contributed by atoms with E-state index in [1.54, 1.807) is 11.3 Å². The Morgan fingerprint density at radius 3 is 3.08 bits per heavy atom. The van der Waals surface area contributed by atoms with Gasteiger partial charge in [0.1, 0.15) is 0 Å². The SMILES string of the molecule is Cc1sccc1C(=O)C1CCOC1. The highest BCUT2D eigenvalue weighted by Gasteiger charge is 2.25. The lowest BCUT2D eigenvalue weighted by molar-refractivity contribution is 0.0900. The number of carbonyl (C=O) groups is 1. The molecule has 1 aromatic heterocycles. The zero-order chi connectivity index (χ0) is 9.26. The summed E-state index contributed by atoms with van der Waals surface area (Å²) in [6.45, 7) is 3.33. The molecule has 0 aliphatic carbocycles. The third-order valence-electron chi connectivity index (χ3n) is 2.42. The minimum Gasteiger partial charge on any atom is -0.381 e. The van der Waals surface area contributed by atoms with E-state index >= 15 is 0 Å². The van der Waals surface area contributed by atoms with E-state index in [2.05, 4.69) is 0 Å². The van der Waals surface area contributed by atoms with Crippen molar-refractivity contribution >= 4 is 17.1 Å². The lowest BCUT2D eigenvalue weighted by Crippen LogP contribution is -2.14. The average molecular weight is 196 g/mol. The fraction of sp³-hybridized carbons (Fsp3) is 0.500. The summed E-state index contributed by atoms with van der Waals surface area (Å²) in [4.78, 5) is 13.0. The molecule has 1 saturated heterocycles. The number of ether oxygens (including phenoxy) is 1. The van der Waals surface area contributed by atoms with Gasteiger partial charge < -0.3 is 4.74 Å². The first-order chi connectivity index (χ1) is 6.29. The quantitative estimate of drug-likeness (QED) is 0.678. The second kappa shape index (κ2) is 3.60. The molecule has 2 rings (SSSR count). The van der Waals surface area contributed by atoms with Gasteiger partial charge in [-0.25, -0.2) is 0 Å². The Hall–Kier alpha value is -0.670. The Balaban J connectivity index is 2.17. The minimum atomic E-state index is 0.105. The molecule has 0 radical (unpaired) electrons. The highest BCUT2D eigenvalue weighted by Crippen LogP contribution is 2.23. The summed E-state index contributed by atoms with van der Waals surface area (Å²) < 4.78 is 5.20. The summed E-state index contributed by atoms with van der Waals surface area (Å²) >= 11 is 1.63. The van der Waals surface area contributed by atoms with Crippen molar-refractivity contribution in [3.63, 3.8) is 0 Å². The van der Waals surface area contributed by atoms with Gasteiger partial charge >= 0.3 is 0 Å². The molecule has 1 fully saturated rings. The summed E-state index contributed by atoms with van der Waals surface area (Å²) in [7, 11) is 0. The van der Waals surface area contributed by atoms with E-state index in [4.69, 9.17) is 4.74 Å². The number of Topliss-reactive ketones (excluding diaryl/α,β-unsaturated/α-hetero) is 1. The van der Waals surface area contributed by atoms with Crippen LogP contribution in [0.3, 0.4) is 0 Å². The molecule has 0 aromatic carbocycles. The molecule has 0 saturated carbocycles. The van der Waals surface area contributed by atoms with Crippen molar-refractivity contribution in [2.45, 2.75) is 13.3 Å². The average Bonchev–Trinajstić information content (AvgIpc) is 2.72. The molecule has 2 nitrogen and oxygen atoms in total. The third-order valence-corrected chi connectivity index (χ3v) is 3.27. The van der Waals surface area contributed by atoms with Crippen molar-refractivity contribution in [3.8, 4) is 0 Å². The summed E-state index contributed by atoms with van der Waals surface area (Å²) in [6.07, 6.45) is 0.883. The van der Waals surface area contributed by atoms with E-state index in [-0.39, 0.29) is 11.7 Å². The Labute approximate surface area is 81.5 Å². The lowest BCUT2D eigenvalue weighted by atomic mass is 9.98. The van der Waals surface area contributed by atoms with Crippen LogP contribution in [0.5, 0.6) is 0 Å². The van der Waals surface area contributed by atoms with E-state index in [1.807, 2.05) is 18.4 Å². The van der Waals surface area contributed by atoms with Gasteiger partial charge in [-0.05, 0) is 24.8 Å². The summed E-state index contributed by atoms with van der Waals surface area (Å²) in [6, 6.07) is 1.92. The van der Waals surface area contributed by atoms with Gasteiger partial charge in [0.15, 0.2) is 5.78 Å². The van der Waals surface area contributed by atoms with Gasteiger partial charge in [-0.15, -0.1) is 11.3 Å². The molecule has 0 bridgehead atoms. The van der Waals surface area contributed by atoms with Gasteiger partial charge in [0.05, 0.1) is 6.61 Å². The molecule has 1 aliphatic heterocycles. The number of rotatable bonds is 2. The van der Waals surface area contributed by atoms with Crippen LogP contribution in [-0.2, 0) is 4.74 Å². The largest absolute Gasteiger partial charge is 0.381 e. The topological polar surface area (TPSA) is 26.3 Å². The van der Waals surface area contributed by atoms with Gasteiger partial charge in [0.2, 0.25) is 0 Å². The molecule has 0 spiro atoms. The van der Waals surface area contributed by atoms with Crippen LogP contribution < -0.4 is 0 Å². The molecule has 3 heteroatoms. The van der Waals surface area contributed by atoms with Crippen molar-refractivity contribution < 1.29 is 9.53 Å². The molecule has 13 heavy (non-hydrogen) atoms. The van der Waals surface area contributed by atoms with Crippen LogP contribution in [0.4, 0.5) is 0 Å². The van der Waals surface area contributed by atoms with Crippen LogP contribution in [0.15, 0.2) is 11.4 Å². The molecule has 2 heterocycles. The molecule has 1 aliphatic rings. The number of thiophene rings is 1. The maximum Gasteiger partial charge on any atom is 0.169 e. The van der Waals surface area contributed by atoms with E-state index in [0.717, 1.165) is 23.5 Å². The van der Waals surface area contributed by atoms with Crippen LogP contribution in [0.1, 0.15) is 21.7 Å². The first-order valence-electron chi connectivity index (χ1n) is 4.45. The summed E-state index contributed by atoms with van der Waals surface area (Å²) in [5.41, 5.74) is 0.889. The van der Waals surface area contributed by atoms with Gasteiger partial charge in [0.25, 0.3) is 0 Å². The monoisotopic (exact) mass is 196 g/mol.